The minimum atomic E-state index is -4.51. The summed E-state index contributed by atoms with van der Waals surface area (Å²) in [7, 11) is -0.353. The summed E-state index contributed by atoms with van der Waals surface area (Å²) in [5.41, 5.74) is 14.4. The zero-order valence-electron chi connectivity index (χ0n) is 29.1. The highest BCUT2D eigenvalue weighted by atomic mass is 79.9. The number of hydrogen-bond acceptors (Lipinski definition) is 6. The van der Waals surface area contributed by atoms with Gasteiger partial charge in [-0.25, -0.2) is 9.69 Å². The highest BCUT2D eigenvalue weighted by Crippen LogP contribution is 2.37. The minimum Gasteiger partial charge on any atom is -0.399 e. The molecule has 16 heteroatoms. The van der Waals surface area contributed by atoms with Gasteiger partial charge in [0.05, 0.1) is 24.3 Å². The van der Waals surface area contributed by atoms with E-state index < -0.39 is 24.4 Å². The van der Waals surface area contributed by atoms with E-state index >= 15 is 0 Å². The van der Waals surface area contributed by atoms with Crippen LogP contribution in [0.5, 0.6) is 0 Å². The Morgan fingerprint density at radius 2 is 1.15 bits per heavy atom. The van der Waals surface area contributed by atoms with Gasteiger partial charge in [-0.2, -0.15) is 26.3 Å². The Balaban J connectivity index is 0.000000216. The fourth-order valence-electron chi connectivity index (χ4n) is 4.65. The zero-order chi connectivity index (χ0) is 39.2. The van der Waals surface area contributed by atoms with Gasteiger partial charge in [0.2, 0.25) is 0 Å². The second-order valence-corrected chi connectivity index (χ2v) is 13.8. The van der Waals surface area contributed by atoms with E-state index in [1.165, 1.54) is 24.5 Å². The molecule has 0 saturated carbocycles. The number of alkyl halides is 6. The molecule has 0 amide bonds. The van der Waals surface area contributed by atoms with E-state index in [9.17, 15) is 26.3 Å². The number of nitrogens with zero attached hydrogens (tertiary/aromatic N) is 4. The standard InChI is InChI=1S/C15H12F3N3.C14H18BNO2.C7H6BrF3N2/c1-9-5-10(3-4-13(9)20-2)11-6-12(8-21-7-11)14(19)15(16,17)18;1-10-9-11(7-8-12(10)16-6)15-17-13(2,3)14(4,5)18-15;8-5-1-4(2-13-3-5)6(12)7(9,10)11/h3-8,14H,19H2,1H3;7-9H,1-5H3;1-3,6H,12H2. The van der Waals surface area contributed by atoms with Crippen LogP contribution < -0.4 is 16.9 Å². The smallest absolute Gasteiger partial charge is 0.399 e. The van der Waals surface area contributed by atoms with Crippen LogP contribution in [0.25, 0.3) is 20.8 Å². The molecule has 2 atom stereocenters. The molecule has 5 rings (SSSR count). The second kappa shape index (κ2) is 16.6. The van der Waals surface area contributed by atoms with Crippen molar-refractivity contribution in [2.75, 3.05) is 0 Å². The van der Waals surface area contributed by atoms with Gasteiger partial charge in [-0.3, -0.25) is 9.97 Å². The number of halogens is 7. The Hall–Kier alpha value is -4.32. The number of rotatable bonds is 4. The Morgan fingerprint density at radius 1 is 0.692 bits per heavy atom. The number of aryl methyl sites for hydroxylation is 2. The highest BCUT2D eigenvalue weighted by Gasteiger charge is 2.51. The molecule has 0 aliphatic carbocycles. The van der Waals surface area contributed by atoms with Crippen molar-refractivity contribution in [3.05, 3.63) is 123 Å². The van der Waals surface area contributed by atoms with E-state index in [0.29, 0.717) is 27.0 Å². The van der Waals surface area contributed by atoms with Crippen LogP contribution in [0.4, 0.5) is 37.7 Å². The summed E-state index contributed by atoms with van der Waals surface area (Å²) in [6.45, 7) is 25.9. The molecular formula is C36H36BBrF6N6O2. The lowest BCUT2D eigenvalue weighted by atomic mass is 9.78. The van der Waals surface area contributed by atoms with Gasteiger partial charge in [0.25, 0.3) is 0 Å². The molecule has 274 valence electrons. The molecule has 0 spiro atoms. The van der Waals surface area contributed by atoms with E-state index in [1.807, 2.05) is 52.8 Å². The number of nitrogens with two attached hydrogens (primary N) is 2. The molecule has 52 heavy (non-hydrogen) atoms. The Morgan fingerprint density at radius 3 is 1.60 bits per heavy atom. The van der Waals surface area contributed by atoms with Crippen molar-refractivity contribution in [2.24, 2.45) is 11.5 Å². The average molecular weight is 789 g/mol. The summed E-state index contributed by atoms with van der Waals surface area (Å²) in [5.74, 6) is 0. The SMILES string of the molecule is NC(c1cncc(Br)c1)C(F)(F)F.[C-]#[N+]c1ccc(-c2cncc(C(N)C(F)(F)F)c2)cc1C.[C-]#[N+]c1ccc(B2OC(C)(C)C(C)(C)O2)cc1C. The van der Waals surface area contributed by atoms with Crippen molar-refractivity contribution >= 4 is 39.9 Å². The van der Waals surface area contributed by atoms with Gasteiger partial charge in [0.15, 0.2) is 11.4 Å². The normalized spacial score (nSPS) is 15.9. The monoisotopic (exact) mass is 788 g/mol. The summed E-state index contributed by atoms with van der Waals surface area (Å²) in [4.78, 5) is 14.2. The lowest BCUT2D eigenvalue weighted by molar-refractivity contribution is -0.150. The van der Waals surface area contributed by atoms with Gasteiger partial charge < -0.3 is 20.8 Å². The molecule has 4 N–H and O–H groups in total. The van der Waals surface area contributed by atoms with Crippen LogP contribution >= 0.6 is 15.9 Å². The van der Waals surface area contributed by atoms with E-state index in [4.69, 9.17) is 33.9 Å². The molecule has 8 nitrogen and oxygen atoms in total. The van der Waals surface area contributed by atoms with Crippen molar-refractivity contribution in [2.45, 2.75) is 77.2 Å². The first-order valence-electron chi connectivity index (χ1n) is 15.5. The largest absolute Gasteiger partial charge is 0.494 e. The van der Waals surface area contributed by atoms with Gasteiger partial charge in [-0.05, 0) is 103 Å². The summed E-state index contributed by atoms with van der Waals surface area (Å²) in [6, 6.07) is 9.39. The predicted molar refractivity (Wildman–Crippen MR) is 192 cm³/mol. The van der Waals surface area contributed by atoms with Crippen LogP contribution in [-0.4, -0.2) is 40.6 Å². The Labute approximate surface area is 307 Å². The maximum Gasteiger partial charge on any atom is 0.494 e. The lowest BCUT2D eigenvalue weighted by Crippen LogP contribution is -2.41. The molecule has 2 aromatic carbocycles. The first-order chi connectivity index (χ1) is 24.0. The summed E-state index contributed by atoms with van der Waals surface area (Å²) >= 11 is 3.01. The fourth-order valence-corrected chi connectivity index (χ4v) is 5.03. The van der Waals surface area contributed by atoms with E-state index in [-0.39, 0.29) is 29.4 Å². The van der Waals surface area contributed by atoms with Crippen molar-refractivity contribution in [3.63, 3.8) is 0 Å². The van der Waals surface area contributed by atoms with E-state index in [1.54, 1.807) is 25.1 Å². The van der Waals surface area contributed by atoms with Gasteiger partial charge in [-0.15, -0.1) is 0 Å². The maximum absolute atomic E-state index is 12.6. The Bertz CT molecular complexity index is 1940. The molecular weight excluding hydrogens is 753 g/mol. The van der Waals surface area contributed by atoms with Crippen LogP contribution in [0.2, 0.25) is 0 Å². The zero-order valence-corrected chi connectivity index (χ0v) is 30.7. The van der Waals surface area contributed by atoms with Gasteiger partial charge in [0.1, 0.15) is 12.1 Å². The van der Waals surface area contributed by atoms with Crippen molar-refractivity contribution in [1.29, 1.82) is 0 Å². The first kappa shape index (κ1) is 42.1. The third kappa shape index (κ3) is 10.6. The van der Waals surface area contributed by atoms with Crippen molar-refractivity contribution < 1.29 is 35.7 Å². The third-order valence-electron chi connectivity index (χ3n) is 8.43. The average Bonchev–Trinajstić information content (AvgIpc) is 3.29. The topological polar surface area (TPSA) is 105 Å². The van der Waals surface area contributed by atoms with Gasteiger partial charge >= 0.3 is 19.5 Å². The third-order valence-corrected chi connectivity index (χ3v) is 8.86. The quantitative estimate of drug-likeness (QED) is 0.121. The molecule has 1 aliphatic rings. The molecule has 0 bridgehead atoms. The number of aromatic nitrogens is 2. The Kier molecular flexibility index (Phi) is 13.4. The molecule has 1 aliphatic heterocycles. The van der Waals surface area contributed by atoms with Crippen LogP contribution in [-0.2, 0) is 9.31 Å². The molecule has 1 fully saturated rings. The van der Waals surface area contributed by atoms with E-state index in [0.717, 1.165) is 29.0 Å². The van der Waals surface area contributed by atoms with E-state index in [2.05, 4.69) is 35.6 Å². The first-order valence-corrected chi connectivity index (χ1v) is 16.3. The summed E-state index contributed by atoms with van der Waals surface area (Å²) in [6.07, 6.45) is -3.86. The molecule has 3 heterocycles. The predicted octanol–water partition coefficient (Wildman–Crippen LogP) is 9.42. The fraction of sp³-hybridized carbons (Fsp3) is 0.333. The minimum absolute atomic E-state index is 0.0538. The van der Waals surface area contributed by atoms with Crippen LogP contribution in [0.1, 0.15) is 62.0 Å². The maximum atomic E-state index is 12.6. The van der Waals surface area contributed by atoms with Gasteiger partial charge in [0, 0.05) is 34.8 Å². The second-order valence-electron chi connectivity index (χ2n) is 12.8. The molecule has 2 aromatic heterocycles. The summed E-state index contributed by atoms with van der Waals surface area (Å²) in [5, 5.41) is 0. The number of pyridine rings is 2. The number of benzene rings is 2. The molecule has 2 unspecified atom stereocenters. The van der Waals surface area contributed by atoms with Crippen LogP contribution in [0, 0.1) is 27.0 Å². The van der Waals surface area contributed by atoms with Crippen molar-refractivity contribution in [3.8, 4) is 11.1 Å². The van der Waals surface area contributed by atoms with Crippen molar-refractivity contribution in [1.82, 2.24) is 9.97 Å². The van der Waals surface area contributed by atoms with Crippen LogP contribution in [0.3, 0.4) is 0 Å². The molecule has 0 radical (unpaired) electrons. The summed E-state index contributed by atoms with van der Waals surface area (Å²) < 4.78 is 86.7. The highest BCUT2D eigenvalue weighted by molar-refractivity contribution is 9.10. The molecule has 4 aromatic rings. The van der Waals surface area contributed by atoms with Crippen LogP contribution in [0.15, 0.2) is 77.8 Å². The number of hydrogen-bond donors (Lipinski definition) is 2. The lowest BCUT2D eigenvalue weighted by Gasteiger charge is -2.32. The molecule has 1 saturated heterocycles. The van der Waals surface area contributed by atoms with Gasteiger partial charge in [-0.1, -0.05) is 36.4 Å².